The number of hydrogen-bond donors (Lipinski definition) is 2. The quantitative estimate of drug-likeness (QED) is 0.209. The highest BCUT2D eigenvalue weighted by Gasteiger charge is 2.70. The SMILES string of the molecule is C=C(C)[C@@H]1CC[C@]2(CNCCC(=O)N3CCC(F)(F)C3)CC[C@]3(C)[C@H](CC[C@@H]4[C@@]5(C)CC=C(c6ccc(C(=O)O)cc6)C(C)(C)[C@@H]5CC[C@]43C)[C@@H]12. The molecule has 1 aromatic rings. The Hall–Kier alpha value is -2.54. The maximum atomic E-state index is 13.7. The summed E-state index contributed by atoms with van der Waals surface area (Å²) in [6.45, 7) is 20.8. The molecular weight excluding hydrogens is 642 g/mol. The Bertz CT molecular complexity index is 1600. The van der Waals surface area contributed by atoms with Gasteiger partial charge in [-0.05, 0) is 145 Å². The molecule has 2 N–H and O–H groups in total. The Kier molecular flexibility index (Phi) is 9.03. The average molecular weight is 705 g/mol. The molecular formula is C44H62F2N2O3. The number of carboxylic acids is 1. The van der Waals surface area contributed by atoms with Crippen molar-refractivity contribution in [3.8, 4) is 0 Å². The summed E-state index contributed by atoms with van der Waals surface area (Å²) in [5, 5.41) is 13.2. The predicted molar refractivity (Wildman–Crippen MR) is 199 cm³/mol. The monoisotopic (exact) mass is 704 g/mol. The smallest absolute Gasteiger partial charge is 0.335 e. The molecule has 0 radical (unpaired) electrons. The van der Waals surface area contributed by atoms with Gasteiger partial charge in [-0.2, -0.15) is 0 Å². The number of allylic oxidation sites excluding steroid dienone is 3. The van der Waals surface area contributed by atoms with E-state index in [1.54, 1.807) is 12.1 Å². The van der Waals surface area contributed by atoms with E-state index in [1.165, 1.54) is 67.4 Å². The van der Waals surface area contributed by atoms with Crippen LogP contribution in [0.2, 0.25) is 0 Å². The average Bonchev–Trinajstić information content (AvgIpc) is 3.63. The van der Waals surface area contributed by atoms with Gasteiger partial charge < -0.3 is 15.3 Å². The Morgan fingerprint density at radius 3 is 2.29 bits per heavy atom. The number of nitrogens with one attached hydrogen (secondary N) is 1. The fraction of sp³-hybridized carbons (Fsp3) is 0.727. The fourth-order valence-corrected chi connectivity index (χ4v) is 14.1. The van der Waals surface area contributed by atoms with Crippen LogP contribution >= 0.6 is 0 Å². The minimum absolute atomic E-state index is 0.0161. The molecule has 280 valence electrons. The van der Waals surface area contributed by atoms with Gasteiger partial charge in [0.05, 0.1) is 12.1 Å². The second-order valence-corrected chi connectivity index (χ2v) is 19.3. The van der Waals surface area contributed by atoms with Crippen molar-refractivity contribution in [2.24, 2.45) is 56.7 Å². The first-order valence-electron chi connectivity index (χ1n) is 19.9. The number of amides is 1. The second kappa shape index (κ2) is 12.5. The van der Waals surface area contributed by atoms with Crippen LogP contribution in [-0.4, -0.2) is 54.0 Å². The number of carbonyl (C=O) groups is 2. The third-order valence-electron chi connectivity index (χ3n) is 16.8. The number of likely N-dealkylation sites (tertiary alicyclic amines) is 1. The Balaban J connectivity index is 1.11. The van der Waals surface area contributed by atoms with Gasteiger partial charge in [-0.3, -0.25) is 4.79 Å². The molecule has 1 aromatic carbocycles. The number of alkyl halides is 2. The van der Waals surface area contributed by atoms with Crippen LogP contribution in [0.3, 0.4) is 0 Å². The Morgan fingerprint density at radius 1 is 0.922 bits per heavy atom. The van der Waals surface area contributed by atoms with Gasteiger partial charge in [0.1, 0.15) is 0 Å². The lowest BCUT2D eigenvalue weighted by molar-refractivity contribution is -0.225. The number of rotatable bonds is 8. The standard InChI is InChI=1S/C44H62F2N2O3/c1-28(2)31-14-20-43(26-47-24-17-36(49)48-25-23-44(45,46)27-48)22-21-41(6)33(37(31)43)12-13-35-40(5)18-15-32(29-8-10-30(11-9-29)38(50)51)39(3,4)34(40)16-19-42(35,41)7/h8-11,15,31,33-35,37,47H,1,12-14,16-27H2,2-7H3,(H,50,51)/t31-,33+,34-,35+,37+,40-,41+,42+,43+/m0/s1. The van der Waals surface area contributed by atoms with Gasteiger partial charge in [-0.15, -0.1) is 0 Å². The number of benzene rings is 1. The zero-order chi connectivity index (χ0) is 36.8. The third kappa shape index (κ3) is 5.68. The molecule has 9 atom stereocenters. The molecule has 5 fully saturated rings. The minimum atomic E-state index is -2.75. The largest absolute Gasteiger partial charge is 0.478 e. The van der Waals surface area contributed by atoms with Crippen molar-refractivity contribution in [2.45, 2.75) is 118 Å². The molecule has 7 heteroatoms. The Morgan fingerprint density at radius 2 is 1.65 bits per heavy atom. The topological polar surface area (TPSA) is 69.6 Å². The van der Waals surface area contributed by atoms with Gasteiger partial charge in [0, 0.05) is 32.5 Å². The van der Waals surface area contributed by atoms with Crippen LogP contribution in [0.5, 0.6) is 0 Å². The highest BCUT2D eigenvalue weighted by Crippen LogP contribution is 2.77. The van der Waals surface area contributed by atoms with E-state index >= 15 is 0 Å². The van der Waals surface area contributed by atoms with E-state index in [2.05, 4.69) is 59.5 Å². The van der Waals surface area contributed by atoms with E-state index < -0.39 is 18.4 Å². The van der Waals surface area contributed by atoms with Crippen LogP contribution in [0.1, 0.15) is 128 Å². The van der Waals surface area contributed by atoms with Gasteiger partial charge >= 0.3 is 5.97 Å². The summed E-state index contributed by atoms with van der Waals surface area (Å²) in [6, 6.07) is 7.52. The molecule has 7 rings (SSSR count). The summed E-state index contributed by atoms with van der Waals surface area (Å²) in [7, 11) is 0. The number of carboxylic acid groups (broad SMARTS) is 1. The summed E-state index contributed by atoms with van der Waals surface area (Å²) < 4.78 is 27.5. The van der Waals surface area contributed by atoms with Crippen LogP contribution in [0.15, 0.2) is 42.5 Å². The van der Waals surface area contributed by atoms with Gasteiger partial charge in [0.2, 0.25) is 5.91 Å². The highest BCUT2D eigenvalue weighted by molar-refractivity contribution is 5.88. The van der Waals surface area contributed by atoms with Crippen molar-refractivity contribution in [3.63, 3.8) is 0 Å². The second-order valence-electron chi connectivity index (χ2n) is 19.3. The van der Waals surface area contributed by atoms with E-state index in [9.17, 15) is 23.5 Å². The first kappa shape index (κ1) is 36.8. The maximum absolute atomic E-state index is 13.7. The van der Waals surface area contributed by atoms with E-state index in [-0.39, 0.29) is 52.4 Å². The number of fused-ring (bicyclic) bond motifs is 7. The number of halogens is 2. The normalized spacial score (nSPS) is 40.7. The van der Waals surface area contributed by atoms with Crippen LogP contribution < -0.4 is 5.32 Å². The molecule has 5 nitrogen and oxygen atoms in total. The molecule has 1 saturated heterocycles. The van der Waals surface area contributed by atoms with E-state index in [4.69, 9.17) is 0 Å². The van der Waals surface area contributed by atoms with Gasteiger partial charge in [-0.25, -0.2) is 13.6 Å². The molecule has 0 aromatic heterocycles. The molecule has 1 aliphatic heterocycles. The first-order valence-corrected chi connectivity index (χ1v) is 19.9. The molecule has 5 aliphatic carbocycles. The zero-order valence-corrected chi connectivity index (χ0v) is 32.1. The molecule has 1 heterocycles. The molecule has 0 spiro atoms. The van der Waals surface area contributed by atoms with Gasteiger partial charge in [-0.1, -0.05) is 65.0 Å². The van der Waals surface area contributed by atoms with Crippen LogP contribution in [-0.2, 0) is 4.79 Å². The lowest BCUT2D eigenvalue weighted by atomic mass is 9.32. The van der Waals surface area contributed by atoms with Crippen LogP contribution in [0.4, 0.5) is 8.78 Å². The molecule has 0 unspecified atom stereocenters. The summed E-state index contributed by atoms with van der Waals surface area (Å²) in [5.74, 6) is -0.884. The van der Waals surface area contributed by atoms with Crippen LogP contribution in [0.25, 0.3) is 5.57 Å². The predicted octanol–water partition coefficient (Wildman–Crippen LogP) is 9.88. The number of nitrogens with zero attached hydrogens (tertiary/aromatic N) is 1. The molecule has 51 heavy (non-hydrogen) atoms. The summed E-state index contributed by atoms with van der Waals surface area (Å²) in [6.07, 6.45) is 13.4. The van der Waals surface area contributed by atoms with Crippen molar-refractivity contribution in [2.75, 3.05) is 26.2 Å². The van der Waals surface area contributed by atoms with E-state index in [0.717, 1.165) is 18.5 Å². The third-order valence-corrected chi connectivity index (χ3v) is 16.8. The van der Waals surface area contributed by atoms with E-state index in [0.29, 0.717) is 41.7 Å². The van der Waals surface area contributed by atoms with Crippen molar-refractivity contribution < 1.29 is 23.5 Å². The molecule has 0 bridgehead atoms. The highest BCUT2D eigenvalue weighted by atomic mass is 19.3. The number of carbonyl (C=O) groups excluding carboxylic acids is 1. The first-order chi connectivity index (χ1) is 23.9. The number of hydrogen-bond acceptors (Lipinski definition) is 3. The van der Waals surface area contributed by atoms with E-state index in [1.807, 2.05) is 12.1 Å². The molecule has 6 aliphatic rings. The zero-order valence-electron chi connectivity index (χ0n) is 32.1. The van der Waals surface area contributed by atoms with Gasteiger partial charge in [0.25, 0.3) is 5.92 Å². The lowest BCUT2D eigenvalue weighted by Crippen LogP contribution is -2.65. The number of aromatic carboxylic acids is 1. The van der Waals surface area contributed by atoms with Gasteiger partial charge in [0.15, 0.2) is 0 Å². The molecule has 1 amide bonds. The summed E-state index contributed by atoms with van der Waals surface area (Å²) in [5.41, 5.74) is 5.01. The lowest BCUT2D eigenvalue weighted by Gasteiger charge is -2.72. The fourth-order valence-electron chi connectivity index (χ4n) is 14.1. The summed E-state index contributed by atoms with van der Waals surface area (Å²) >= 11 is 0. The maximum Gasteiger partial charge on any atom is 0.335 e. The summed E-state index contributed by atoms with van der Waals surface area (Å²) in [4.78, 5) is 25.7. The van der Waals surface area contributed by atoms with Crippen molar-refractivity contribution in [3.05, 3.63) is 53.6 Å². The minimum Gasteiger partial charge on any atom is -0.478 e. The van der Waals surface area contributed by atoms with Crippen molar-refractivity contribution in [1.29, 1.82) is 0 Å². The Labute approximate surface area is 305 Å². The van der Waals surface area contributed by atoms with Crippen molar-refractivity contribution in [1.82, 2.24) is 10.2 Å². The molecule has 4 saturated carbocycles. The van der Waals surface area contributed by atoms with Crippen molar-refractivity contribution >= 4 is 17.4 Å². The van der Waals surface area contributed by atoms with Crippen LogP contribution in [0, 0.1) is 56.7 Å².